The molecule has 6 heteroatoms. The molecule has 194 valence electrons. The highest BCUT2D eigenvalue weighted by molar-refractivity contribution is 6.53. The van der Waals surface area contributed by atoms with Gasteiger partial charge in [-0.1, -0.05) is 78.8 Å². The summed E-state index contributed by atoms with van der Waals surface area (Å²) in [5.74, 6) is 1.27. The van der Waals surface area contributed by atoms with E-state index in [9.17, 15) is 0 Å². The third-order valence-corrected chi connectivity index (χ3v) is 7.53. The fraction of sp³-hybridized carbons (Fsp3) is 0.0571. The summed E-state index contributed by atoms with van der Waals surface area (Å²) >= 11 is 0. The largest absolute Gasteiger partial charge is 0.456 e. The van der Waals surface area contributed by atoms with Gasteiger partial charge in [0, 0.05) is 33.2 Å². The number of rotatable bonds is 3. The molecule has 8 rings (SSSR count). The molecule has 6 aromatic rings. The van der Waals surface area contributed by atoms with Crippen molar-refractivity contribution in [1.82, 2.24) is 15.0 Å². The van der Waals surface area contributed by atoms with Gasteiger partial charge < -0.3 is 4.42 Å². The minimum Gasteiger partial charge on any atom is -0.456 e. The molecule has 2 aliphatic carbocycles. The number of fused-ring (bicyclic) bond motifs is 6. The number of aryl methyl sites for hydroxylation is 1. The van der Waals surface area contributed by atoms with Gasteiger partial charge >= 0.3 is 0 Å². The highest BCUT2D eigenvalue weighted by Gasteiger charge is 2.22. The first-order chi connectivity index (χ1) is 22.2. The van der Waals surface area contributed by atoms with Crippen molar-refractivity contribution in [2.45, 2.75) is 12.8 Å². The molecule has 0 bridgehead atoms. The van der Waals surface area contributed by atoms with E-state index in [0.717, 1.165) is 45.9 Å². The zero-order chi connectivity index (χ0) is 31.9. The van der Waals surface area contributed by atoms with Crippen LogP contribution in [0.3, 0.4) is 0 Å². The quantitative estimate of drug-likeness (QED) is 0.239. The molecule has 0 radical (unpaired) electrons. The van der Waals surface area contributed by atoms with Gasteiger partial charge in [0.15, 0.2) is 17.5 Å². The summed E-state index contributed by atoms with van der Waals surface area (Å²) in [7, 11) is 0. The van der Waals surface area contributed by atoms with E-state index in [1.807, 2.05) is 60.7 Å². The predicted octanol–water partition coefficient (Wildman–Crippen LogP) is 8.15. The van der Waals surface area contributed by atoms with Crippen LogP contribution in [0.2, 0.25) is 0 Å². The van der Waals surface area contributed by atoms with Crippen LogP contribution < -0.4 is 0 Å². The average Bonchev–Trinajstić information content (AvgIpc) is 3.46. The predicted molar refractivity (Wildman–Crippen MR) is 164 cm³/mol. The zero-order valence-electron chi connectivity index (χ0n) is 26.6. The lowest BCUT2D eigenvalue weighted by Crippen LogP contribution is -2.16. The summed E-state index contributed by atoms with van der Waals surface area (Å²) in [5.41, 5.74) is 4.72. The maximum Gasteiger partial charge on any atom is 0.164 e. The van der Waals surface area contributed by atoms with Gasteiger partial charge in [0.25, 0.3) is 0 Å². The first-order valence-corrected chi connectivity index (χ1v) is 13.2. The van der Waals surface area contributed by atoms with Gasteiger partial charge in [-0.15, -0.1) is 0 Å². The van der Waals surface area contributed by atoms with Gasteiger partial charge in [-0.05, 0) is 53.5 Å². The van der Waals surface area contributed by atoms with Gasteiger partial charge in [-0.2, -0.15) is 0 Å². The topological polar surface area (TPSA) is 99.5 Å². The number of hydrogen-bond donors (Lipinski definition) is 2. The molecule has 0 aliphatic heterocycles. The monoisotopic (exact) mass is 534 g/mol. The Morgan fingerprint density at radius 1 is 0.805 bits per heavy atom. The molecule has 0 unspecified atom stereocenters. The highest BCUT2D eigenvalue weighted by Crippen LogP contribution is 2.38. The minimum absolute atomic E-state index is 0.0443. The number of aromatic nitrogens is 3. The van der Waals surface area contributed by atoms with Crippen LogP contribution >= 0.6 is 0 Å². The molecule has 0 atom stereocenters. The van der Waals surface area contributed by atoms with Gasteiger partial charge in [0.1, 0.15) is 11.3 Å². The van der Waals surface area contributed by atoms with Crippen LogP contribution in [0, 0.1) is 10.8 Å². The van der Waals surface area contributed by atoms with Crippen molar-refractivity contribution < 1.29 is 11.3 Å². The molecule has 41 heavy (non-hydrogen) atoms. The molecular weight excluding hydrogens is 506 g/mol. The summed E-state index contributed by atoms with van der Waals surface area (Å²) in [6, 6.07) is 12.8. The van der Waals surface area contributed by atoms with Gasteiger partial charge in [0.2, 0.25) is 0 Å². The van der Waals surface area contributed by atoms with Crippen LogP contribution in [0.5, 0.6) is 0 Å². The van der Waals surface area contributed by atoms with E-state index in [1.54, 1.807) is 6.08 Å². The van der Waals surface area contributed by atoms with E-state index in [1.165, 1.54) is 0 Å². The molecule has 6 nitrogen and oxygen atoms in total. The Morgan fingerprint density at radius 2 is 1.63 bits per heavy atom. The normalized spacial score (nSPS) is 15.8. The van der Waals surface area contributed by atoms with Crippen molar-refractivity contribution in [3.05, 3.63) is 113 Å². The Labute approximate surface area is 242 Å². The van der Waals surface area contributed by atoms with Crippen LogP contribution in [0.15, 0.2) is 95.3 Å². The average molecular weight is 535 g/mol. The maximum atomic E-state index is 8.65. The van der Waals surface area contributed by atoms with Crippen LogP contribution in [-0.2, 0) is 6.42 Å². The maximum absolute atomic E-state index is 8.65. The number of nitrogens with zero attached hydrogens (tertiary/aromatic N) is 3. The van der Waals surface area contributed by atoms with Crippen LogP contribution in [0.25, 0.3) is 68.1 Å². The molecule has 2 aliphatic rings. The third-order valence-electron chi connectivity index (χ3n) is 7.53. The molecule has 0 saturated carbocycles. The Hall–Kier alpha value is -5.49. The molecule has 0 fully saturated rings. The Kier molecular flexibility index (Phi) is 4.13. The van der Waals surface area contributed by atoms with Crippen molar-refractivity contribution >= 4 is 45.3 Å². The van der Waals surface area contributed by atoms with Gasteiger partial charge in [-0.25, -0.2) is 15.0 Å². The van der Waals surface area contributed by atoms with Gasteiger partial charge in [0.05, 0.1) is 18.3 Å². The first kappa shape index (κ1) is 18.7. The lowest BCUT2D eigenvalue weighted by atomic mass is 9.89. The van der Waals surface area contributed by atoms with E-state index in [0.29, 0.717) is 22.3 Å². The smallest absolute Gasteiger partial charge is 0.164 e. The van der Waals surface area contributed by atoms with E-state index in [4.69, 9.17) is 37.0 Å². The molecule has 2 aromatic heterocycles. The minimum atomic E-state index is -0.498. The van der Waals surface area contributed by atoms with Crippen LogP contribution in [0.4, 0.5) is 0 Å². The Bertz CT molecular complexity index is 2400. The fourth-order valence-electron chi connectivity index (χ4n) is 5.61. The molecule has 0 saturated heterocycles. The molecule has 2 N–H and O–H groups in total. The molecule has 4 aromatic carbocycles. The SMILES string of the molecule is [2H]c1c([2H])c([2H])c(-c2nc(-c3ccc4c5c(ccc4c3)C=CC(=N)C5=N)nc(-c3cccc4oc5c(c34)CCC=C5)n2)c([2H])c1[2H]. The molecule has 0 amide bonds. The van der Waals surface area contributed by atoms with Crippen molar-refractivity contribution in [2.75, 3.05) is 0 Å². The molecule has 0 spiro atoms. The molecular formula is C35H23N5O. The van der Waals surface area contributed by atoms with Crippen LogP contribution in [-0.4, -0.2) is 26.4 Å². The zero-order valence-corrected chi connectivity index (χ0v) is 21.6. The summed E-state index contributed by atoms with van der Waals surface area (Å²) in [6.07, 6.45) is 9.12. The summed E-state index contributed by atoms with van der Waals surface area (Å²) < 4.78 is 48.1. The van der Waals surface area contributed by atoms with E-state index in [2.05, 4.69) is 6.08 Å². The second-order valence-electron chi connectivity index (χ2n) is 9.96. The highest BCUT2D eigenvalue weighted by atomic mass is 16.3. The standard InChI is InChI=1S/C35H23N5O/c36-27-18-16-20-13-14-22-19-23(15-17-24(22)30(20)32(27)37)34-38-33(21-7-2-1-3-8-21)39-35(40-34)26-10-6-12-29-31(26)25-9-4-5-11-28(25)41-29/h1-3,5-8,10-19,36-37H,4,9H2/i1D,2D,3D,7D,8D. The lowest BCUT2D eigenvalue weighted by Gasteiger charge is -2.16. The summed E-state index contributed by atoms with van der Waals surface area (Å²) in [6.45, 7) is 0. The second kappa shape index (κ2) is 9.03. The number of benzene rings is 4. The third kappa shape index (κ3) is 3.76. The number of hydrogen-bond acceptors (Lipinski definition) is 6. The van der Waals surface area contributed by atoms with Gasteiger partial charge in [-0.3, -0.25) is 10.8 Å². The van der Waals surface area contributed by atoms with Crippen molar-refractivity contribution in [1.29, 1.82) is 10.8 Å². The second-order valence-corrected chi connectivity index (χ2v) is 9.96. The van der Waals surface area contributed by atoms with Crippen molar-refractivity contribution in [3.63, 3.8) is 0 Å². The Morgan fingerprint density at radius 3 is 2.51 bits per heavy atom. The molecule has 2 heterocycles. The lowest BCUT2D eigenvalue weighted by molar-refractivity contribution is 0.595. The number of nitrogens with one attached hydrogen (secondary N) is 2. The van der Waals surface area contributed by atoms with E-state index >= 15 is 0 Å². The van der Waals surface area contributed by atoms with E-state index < -0.39 is 30.2 Å². The van der Waals surface area contributed by atoms with Crippen LogP contribution in [0.1, 0.15) is 35.7 Å². The Balaban J connectivity index is 1.40. The van der Waals surface area contributed by atoms with Crippen molar-refractivity contribution in [2.24, 2.45) is 0 Å². The van der Waals surface area contributed by atoms with E-state index in [-0.39, 0.29) is 34.5 Å². The number of furan rings is 1. The summed E-state index contributed by atoms with van der Waals surface area (Å²) in [5, 5.41) is 19.2. The van der Waals surface area contributed by atoms with Crippen molar-refractivity contribution in [3.8, 4) is 34.2 Å². The first-order valence-electron chi connectivity index (χ1n) is 15.7. The fourth-order valence-corrected chi connectivity index (χ4v) is 5.61. The summed E-state index contributed by atoms with van der Waals surface area (Å²) in [4.78, 5) is 14.3. The number of allylic oxidation sites excluding steroid dienone is 2.